The molecule has 6 heteroatoms. The van der Waals surface area contributed by atoms with Crippen molar-refractivity contribution in [1.29, 1.82) is 0 Å². The molecular weight excluding hydrogens is 214 g/mol. The number of amides is 1. The van der Waals surface area contributed by atoms with Crippen LogP contribution in [-0.4, -0.2) is 40.1 Å². The summed E-state index contributed by atoms with van der Waals surface area (Å²) >= 11 is 1.24. The molecule has 1 aromatic rings. The van der Waals surface area contributed by atoms with Crippen LogP contribution in [0.5, 0.6) is 0 Å². The van der Waals surface area contributed by atoms with Gasteiger partial charge in [0.25, 0.3) is 5.56 Å². The first kappa shape index (κ1) is 11.8. The summed E-state index contributed by atoms with van der Waals surface area (Å²) in [6.07, 6.45) is 1.42. The minimum absolute atomic E-state index is 0.00787. The number of thioether (sulfide) groups is 1. The largest absolute Gasteiger partial charge is 0.348 e. The summed E-state index contributed by atoms with van der Waals surface area (Å²) in [5, 5.41) is 0.204. The highest BCUT2D eigenvalue weighted by Gasteiger charge is 2.16. The van der Waals surface area contributed by atoms with Crippen molar-refractivity contribution in [3.8, 4) is 0 Å². The number of nitrogens with one attached hydrogen (secondary N) is 1. The summed E-state index contributed by atoms with van der Waals surface area (Å²) in [7, 11) is 3.39. The first-order valence-electron chi connectivity index (χ1n) is 4.44. The highest BCUT2D eigenvalue weighted by atomic mass is 32.2. The molecule has 0 spiro atoms. The van der Waals surface area contributed by atoms with E-state index in [1.165, 1.54) is 28.9 Å². The predicted molar refractivity (Wildman–Crippen MR) is 58.9 cm³/mol. The third-order valence-electron chi connectivity index (χ3n) is 1.72. The second-order valence-corrected chi connectivity index (χ2v) is 4.56. The van der Waals surface area contributed by atoms with Crippen molar-refractivity contribution >= 4 is 17.7 Å². The number of carbonyl (C=O) groups is 1. The van der Waals surface area contributed by atoms with E-state index in [2.05, 4.69) is 9.97 Å². The smallest absolute Gasteiger partial charge is 0.251 e. The number of aromatic nitrogens is 2. The Hall–Kier alpha value is -1.30. The van der Waals surface area contributed by atoms with Crippen molar-refractivity contribution in [1.82, 2.24) is 14.9 Å². The van der Waals surface area contributed by atoms with E-state index in [4.69, 9.17) is 0 Å². The molecule has 0 fully saturated rings. The fourth-order valence-electron chi connectivity index (χ4n) is 0.993. The van der Waals surface area contributed by atoms with E-state index in [9.17, 15) is 9.59 Å². The van der Waals surface area contributed by atoms with Crippen molar-refractivity contribution < 1.29 is 4.79 Å². The maximum atomic E-state index is 11.5. The van der Waals surface area contributed by atoms with Crippen LogP contribution in [0.3, 0.4) is 0 Å². The van der Waals surface area contributed by atoms with Gasteiger partial charge in [0.1, 0.15) is 0 Å². The van der Waals surface area contributed by atoms with E-state index in [0.717, 1.165) is 0 Å². The molecule has 0 aliphatic heterocycles. The molecule has 1 heterocycles. The van der Waals surface area contributed by atoms with Gasteiger partial charge in [-0.2, -0.15) is 0 Å². The maximum Gasteiger partial charge on any atom is 0.251 e. The highest BCUT2D eigenvalue weighted by molar-refractivity contribution is 8.00. The Morgan fingerprint density at radius 3 is 2.80 bits per heavy atom. The van der Waals surface area contributed by atoms with Crippen LogP contribution in [0.2, 0.25) is 0 Å². The van der Waals surface area contributed by atoms with Gasteiger partial charge in [0.2, 0.25) is 5.91 Å². The standard InChI is InChI=1S/C9H13N3O2S/c1-6(8(14)12(2)3)15-9-10-5-4-7(13)11-9/h4-6H,1-3H3,(H,10,11,13)/t6-/m0/s1. The number of rotatable bonds is 3. The molecule has 0 bridgehead atoms. The van der Waals surface area contributed by atoms with Crippen molar-refractivity contribution in [3.63, 3.8) is 0 Å². The number of aromatic amines is 1. The minimum Gasteiger partial charge on any atom is -0.348 e. The number of carbonyl (C=O) groups excluding carboxylic acids is 1. The van der Waals surface area contributed by atoms with Crippen LogP contribution >= 0.6 is 11.8 Å². The monoisotopic (exact) mass is 227 g/mol. The molecule has 0 aliphatic rings. The van der Waals surface area contributed by atoms with Crippen molar-refractivity contribution in [3.05, 3.63) is 22.6 Å². The molecule has 82 valence electrons. The van der Waals surface area contributed by atoms with Crippen LogP contribution in [0, 0.1) is 0 Å². The van der Waals surface area contributed by atoms with Gasteiger partial charge in [0.05, 0.1) is 5.25 Å². The molecule has 0 aliphatic carbocycles. The Balaban J connectivity index is 2.70. The Kier molecular flexibility index (Phi) is 3.90. The van der Waals surface area contributed by atoms with Gasteiger partial charge in [-0.15, -0.1) is 0 Å². The quantitative estimate of drug-likeness (QED) is 0.597. The van der Waals surface area contributed by atoms with Crippen LogP contribution in [-0.2, 0) is 4.79 Å². The molecule has 0 unspecified atom stereocenters. The summed E-state index contributed by atoms with van der Waals surface area (Å²) < 4.78 is 0. The van der Waals surface area contributed by atoms with Crippen molar-refractivity contribution in [2.24, 2.45) is 0 Å². The Morgan fingerprint density at radius 1 is 1.60 bits per heavy atom. The molecular formula is C9H13N3O2S. The average Bonchev–Trinajstić information content (AvgIpc) is 2.16. The summed E-state index contributed by atoms with van der Waals surface area (Å²) in [6, 6.07) is 1.34. The zero-order valence-corrected chi connectivity index (χ0v) is 9.67. The lowest BCUT2D eigenvalue weighted by atomic mass is 10.4. The van der Waals surface area contributed by atoms with Gasteiger partial charge in [-0.1, -0.05) is 11.8 Å². The lowest BCUT2D eigenvalue weighted by Crippen LogP contribution is -2.29. The molecule has 5 nitrogen and oxygen atoms in total. The summed E-state index contributed by atoms with van der Waals surface area (Å²) in [4.78, 5) is 30.5. The van der Waals surface area contributed by atoms with E-state index >= 15 is 0 Å². The fourth-order valence-corrected chi connectivity index (χ4v) is 1.92. The van der Waals surface area contributed by atoms with Gasteiger partial charge in [0.15, 0.2) is 5.16 Å². The third kappa shape index (κ3) is 3.39. The molecule has 15 heavy (non-hydrogen) atoms. The van der Waals surface area contributed by atoms with Crippen LogP contribution < -0.4 is 5.56 Å². The number of nitrogens with zero attached hydrogens (tertiary/aromatic N) is 2. The number of hydrogen-bond acceptors (Lipinski definition) is 4. The van der Waals surface area contributed by atoms with Gasteiger partial charge < -0.3 is 9.88 Å². The second-order valence-electron chi connectivity index (χ2n) is 3.23. The van der Waals surface area contributed by atoms with Crippen LogP contribution in [0.25, 0.3) is 0 Å². The van der Waals surface area contributed by atoms with E-state index in [0.29, 0.717) is 5.16 Å². The van der Waals surface area contributed by atoms with Crippen LogP contribution in [0.4, 0.5) is 0 Å². The minimum atomic E-state index is -0.259. The molecule has 1 aromatic heterocycles. The molecule has 1 N–H and O–H groups in total. The molecule has 0 radical (unpaired) electrons. The number of hydrogen-bond donors (Lipinski definition) is 1. The van der Waals surface area contributed by atoms with Crippen LogP contribution in [0.15, 0.2) is 22.2 Å². The zero-order chi connectivity index (χ0) is 11.4. The first-order chi connectivity index (χ1) is 7.00. The molecule has 0 saturated carbocycles. The Morgan fingerprint density at radius 2 is 2.27 bits per heavy atom. The molecule has 1 rings (SSSR count). The van der Waals surface area contributed by atoms with Crippen molar-refractivity contribution in [2.75, 3.05) is 14.1 Å². The molecule has 1 atom stereocenters. The SMILES string of the molecule is C[C@H](Sc1nccc(=O)[nH]1)C(=O)N(C)C. The van der Waals surface area contributed by atoms with Gasteiger partial charge in [-0.3, -0.25) is 9.59 Å². The summed E-state index contributed by atoms with van der Waals surface area (Å²) in [5.41, 5.74) is -0.211. The highest BCUT2D eigenvalue weighted by Crippen LogP contribution is 2.18. The molecule has 1 amide bonds. The summed E-state index contributed by atoms with van der Waals surface area (Å²) in [6.45, 7) is 1.78. The normalized spacial score (nSPS) is 12.2. The van der Waals surface area contributed by atoms with E-state index in [1.807, 2.05) is 0 Å². The van der Waals surface area contributed by atoms with E-state index < -0.39 is 0 Å². The fraction of sp³-hybridized carbons (Fsp3) is 0.444. The molecule has 0 saturated heterocycles. The second kappa shape index (κ2) is 4.97. The van der Waals surface area contributed by atoms with Gasteiger partial charge in [-0.25, -0.2) is 4.98 Å². The maximum absolute atomic E-state index is 11.5. The Labute approximate surface area is 91.9 Å². The van der Waals surface area contributed by atoms with Crippen LogP contribution in [0.1, 0.15) is 6.92 Å². The van der Waals surface area contributed by atoms with Gasteiger partial charge in [0, 0.05) is 26.4 Å². The van der Waals surface area contributed by atoms with E-state index in [-0.39, 0.29) is 16.7 Å². The van der Waals surface area contributed by atoms with Crippen molar-refractivity contribution in [2.45, 2.75) is 17.3 Å². The van der Waals surface area contributed by atoms with Gasteiger partial charge >= 0.3 is 0 Å². The number of H-pyrrole nitrogens is 1. The Bertz CT molecular complexity index is 402. The third-order valence-corrected chi connectivity index (χ3v) is 2.71. The zero-order valence-electron chi connectivity index (χ0n) is 8.85. The topological polar surface area (TPSA) is 66.1 Å². The lowest BCUT2D eigenvalue weighted by Gasteiger charge is -2.15. The predicted octanol–water partition coefficient (Wildman–Crippen LogP) is 0.339. The summed E-state index contributed by atoms with van der Waals surface area (Å²) in [5.74, 6) is -0.00787. The van der Waals surface area contributed by atoms with E-state index in [1.54, 1.807) is 21.0 Å². The average molecular weight is 227 g/mol. The molecule has 0 aromatic carbocycles. The van der Waals surface area contributed by atoms with Gasteiger partial charge in [-0.05, 0) is 6.92 Å². The first-order valence-corrected chi connectivity index (χ1v) is 5.32. The lowest BCUT2D eigenvalue weighted by molar-refractivity contribution is -0.127.